The maximum absolute atomic E-state index is 11.6. The van der Waals surface area contributed by atoms with E-state index in [0.717, 1.165) is 38.5 Å². The maximum atomic E-state index is 11.6. The molecule has 25 heavy (non-hydrogen) atoms. The Kier molecular flexibility index (Phi) is 16.7. The van der Waals surface area contributed by atoms with Gasteiger partial charge in [0.1, 0.15) is 13.2 Å². The van der Waals surface area contributed by atoms with E-state index in [2.05, 4.69) is 13.8 Å². The summed E-state index contributed by atoms with van der Waals surface area (Å²) in [6.45, 7) is 3.82. The first-order chi connectivity index (χ1) is 12.1. The van der Waals surface area contributed by atoms with Crippen LogP contribution < -0.4 is 0 Å². The quantitative estimate of drug-likeness (QED) is 0.269. The normalized spacial score (nSPS) is 10.6. The highest BCUT2D eigenvalue weighted by molar-refractivity contribution is 5.84. The van der Waals surface area contributed by atoms with Crippen molar-refractivity contribution in [1.82, 2.24) is 0 Å². The fraction of sp³-hybridized carbons (Fsp3) is 0.850. The second-order valence-electron chi connectivity index (χ2n) is 6.56. The van der Waals surface area contributed by atoms with E-state index in [-0.39, 0.29) is 37.4 Å². The van der Waals surface area contributed by atoms with E-state index in [0.29, 0.717) is 12.8 Å². The van der Waals surface area contributed by atoms with Gasteiger partial charge in [0.25, 0.3) is 0 Å². The van der Waals surface area contributed by atoms with Crippen molar-refractivity contribution >= 4 is 17.5 Å². The highest BCUT2D eigenvalue weighted by Crippen LogP contribution is 2.06. The molecule has 0 N–H and O–H groups in total. The largest absolute Gasteiger partial charge is 0.458 e. The van der Waals surface area contributed by atoms with E-state index in [1.54, 1.807) is 0 Å². The highest BCUT2D eigenvalue weighted by atomic mass is 16.5. The first-order valence-electron chi connectivity index (χ1n) is 9.86. The smallest absolute Gasteiger partial charge is 0.306 e. The summed E-state index contributed by atoms with van der Waals surface area (Å²) in [5.41, 5.74) is 0. The third-order valence-corrected chi connectivity index (χ3v) is 3.96. The molecule has 0 aliphatic heterocycles. The Morgan fingerprint density at radius 1 is 0.600 bits per heavy atom. The van der Waals surface area contributed by atoms with Crippen molar-refractivity contribution in [2.24, 2.45) is 0 Å². The summed E-state index contributed by atoms with van der Waals surface area (Å²) in [4.78, 5) is 34.6. The van der Waals surface area contributed by atoms with Gasteiger partial charge in [-0.05, 0) is 12.8 Å². The van der Waals surface area contributed by atoms with Gasteiger partial charge in [0, 0.05) is 12.8 Å². The van der Waals surface area contributed by atoms with E-state index in [4.69, 9.17) is 9.47 Å². The molecule has 0 amide bonds. The number of rotatable bonds is 18. The van der Waals surface area contributed by atoms with Crippen LogP contribution in [0.25, 0.3) is 0 Å². The predicted octanol–water partition coefficient (Wildman–Crippen LogP) is 4.41. The molecule has 0 aromatic heterocycles. The van der Waals surface area contributed by atoms with Crippen LogP contribution in [0, 0.1) is 0 Å². The molecule has 0 aromatic rings. The molecule has 0 aliphatic carbocycles. The van der Waals surface area contributed by atoms with E-state index in [1.165, 1.54) is 25.7 Å². The van der Waals surface area contributed by atoms with Crippen molar-refractivity contribution in [2.75, 3.05) is 19.8 Å². The second-order valence-corrected chi connectivity index (χ2v) is 6.56. The summed E-state index contributed by atoms with van der Waals surface area (Å²) in [6, 6.07) is 0. The number of hydrogen-bond donors (Lipinski definition) is 0. The lowest BCUT2D eigenvalue weighted by molar-refractivity contribution is -0.149. The van der Waals surface area contributed by atoms with Crippen molar-refractivity contribution in [2.45, 2.75) is 90.9 Å². The molecule has 0 atom stereocenters. The lowest BCUT2D eigenvalue weighted by atomic mass is 10.1. The molecule has 0 aromatic carbocycles. The van der Waals surface area contributed by atoms with Crippen LogP contribution in [0.15, 0.2) is 0 Å². The molecule has 0 bridgehead atoms. The minimum absolute atomic E-state index is 0.0216. The van der Waals surface area contributed by atoms with Crippen LogP contribution in [0.2, 0.25) is 0 Å². The molecule has 0 saturated carbocycles. The minimum Gasteiger partial charge on any atom is -0.458 e. The summed E-state index contributed by atoms with van der Waals surface area (Å²) in [6.07, 6.45) is 11.6. The monoisotopic (exact) mass is 356 g/mol. The van der Waals surface area contributed by atoms with Gasteiger partial charge < -0.3 is 9.47 Å². The molecule has 0 heterocycles. The average Bonchev–Trinajstić information content (AvgIpc) is 2.59. The Balaban J connectivity index is 3.50. The summed E-state index contributed by atoms with van der Waals surface area (Å²) >= 11 is 0. The van der Waals surface area contributed by atoms with Crippen LogP contribution in [0.1, 0.15) is 90.9 Å². The Labute approximate surface area is 152 Å². The zero-order chi connectivity index (χ0) is 18.8. The van der Waals surface area contributed by atoms with E-state index < -0.39 is 0 Å². The fourth-order valence-electron chi connectivity index (χ4n) is 2.42. The minimum atomic E-state index is -0.340. The molecule has 0 saturated heterocycles. The van der Waals surface area contributed by atoms with Gasteiger partial charge >= 0.3 is 5.97 Å². The lowest BCUT2D eigenvalue weighted by Gasteiger charge is -2.05. The first kappa shape index (κ1) is 23.8. The summed E-state index contributed by atoms with van der Waals surface area (Å²) < 4.78 is 10.0. The van der Waals surface area contributed by atoms with Gasteiger partial charge in [-0.15, -0.1) is 0 Å². The molecular formula is C20H36O5. The SMILES string of the molecule is CCCCCCCC(=O)COCC(=O)COC(=O)CCCCCCC. The number of carbonyl (C=O) groups excluding carboxylic acids is 3. The lowest BCUT2D eigenvalue weighted by Crippen LogP contribution is -2.20. The molecule has 0 aliphatic rings. The van der Waals surface area contributed by atoms with Crippen molar-refractivity contribution < 1.29 is 23.9 Å². The van der Waals surface area contributed by atoms with Crippen molar-refractivity contribution in [3.8, 4) is 0 Å². The third kappa shape index (κ3) is 17.4. The van der Waals surface area contributed by atoms with Gasteiger partial charge in [-0.2, -0.15) is 0 Å². The summed E-state index contributed by atoms with van der Waals surface area (Å²) in [5, 5.41) is 0. The molecule has 0 unspecified atom stereocenters. The highest BCUT2D eigenvalue weighted by Gasteiger charge is 2.09. The molecule has 0 radical (unpaired) electrons. The van der Waals surface area contributed by atoms with Gasteiger partial charge in [0.05, 0.1) is 0 Å². The first-order valence-corrected chi connectivity index (χ1v) is 9.86. The molecule has 0 fully saturated rings. The van der Waals surface area contributed by atoms with E-state index in [1.807, 2.05) is 0 Å². The molecule has 0 spiro atoms. The molecule has 0 rings (SSSR count). The van der Waals surface area contributed by atoms with E-state index >= 15 is 0 Å². The second kappa shape index (κ2) is 17.6. The standard InChI is InChI=1S/C20H36O5/c1-3-5-7-9-11-13-18(21)15-24-16-19(22)17-25-20(23)14-12-10-8-6-4-2/h3-17H2,1-2H3. The van der Waals surface area contributed by atoms with Crippen LogP contribution >= 0.6 is 0 Å². The summed E-state index contributed by atoms with van der Waals surface area (Å²) in [7, 11) is 0. The van der Waals surface area contributed by atoms with Crippen molar-refractivity contribution in [1.29, 1.82) is 0 Å². The van der Waals surface area contributed by atoms with E-state index in [9.17, 15) is 14.4 Å². The molecular weight excluding hydrogens is 320 g/mol. The molecule has 5 nitrogen and oxygen atoms in total. The van der Waals surface area contributed by atoms with Gasteiger partial charge in [-0.3, -0.25) is 14.4 Å². The van der Waals surface area contributed by atoms with Crippen molar-refractivity contribution in [3.05, 3.63) is 0 Å². The fourth-order valence-corrected chi connectivity index (χ4v) is 2.42. The number of carbonyl (C=O) groups is 3. The van der Waals surface area contributed by atoms with Crippen LogP contribution in [0.4, 0.5) is 0 Å². The Morgan fingerprint density at radius 3 is 1.72 bits per heavy atom. The number of hydrogen-bond acceptors (Lipinski definition) is 5. The van der Waals surface area contributed by atoms with Crippen LogP contribution in [-0.2, 0) is 23.9 Å². The van der Waals surface area contributed by atoms with Gasteiger partial charge in [0.2, 0.25) is 0 Å². The van der Waals surface area contributed by atoms with Gasteiger partial charge in [-0.1, -0.05) is 65.2 Å². The number of unbranched alkanes of at least 4 members (excludes halogenated alkanes) is 8. The Hall–Kier alpha value is -1.23. The zero-order valence-electron chi connectivity index (χ0n) is 16.1. The van der Waals surface area contributed by atoms with Crippen LogP contribution in [0.5, 0.6) is 0 Å². The number of ketones is 2. The van der Waals surface area contributed by atoms with Crippen LogP contribution in [0.3, 0.4) is 0 Å². The van der Waals surface area contributed by atoms with Gasteiger partial charge in [0.15, 0.2) is 18.2 Å². The molecule has 5 heteroatoms. The Bertz CT molecular complexity index is 365. The zero-order valence-corrected chi connectivity index (χ0v) is 16.1. The maximum Gasteiger partial charge on any atom is 0.306 e. The van der Waals surface area contributed by atoms with Crippen LogP contribution in [-0.4, -0.2) is 37.4 Å². The third-order valence-electron chi connectivity index (χ3n) is 3.96. The topological polar surface area (TPSA) is 69.7 Å². The Morgan fingerprint density at radius 2 is 1.12 bits per heavy atom. The predicted molar refractivity (Wildman–Crippen MR) is 98.5 cm³/mol. The number of esters is 1. The number of Topliss-reactive ketones (excluding diaryl/α,β-unsaturated/α-hetero) is 2. The number of ether oxygens (including phenoxy) is 2. The van der Waals surface area contributed by atoms with Gasteiger partial charge in [-0.25, -0.2) is 0 Å². The summed E-state index contributed by atoms with van der Waals surface area (Å²) in [5.74, 6) is -0.628. The average molecular weight is 357 g/mol. The van der Waals surface area contributed by atoms with Crippen molar-refractivity contribution in [3.63, 3.8) is 0 Å². The molecule has 146 valence electrons.